The molecule has 1 amide bonds. The summed E-state index contributed by atoms with van der Waals surface area (Å²) in [5.74, 6) is 0.575. The summed E-state index contributed by atoms with van der Waals surface area (Å²) in [6.07, 6.45) is 1.62. The fourth-order valence-corrected chi connectivity index (χ4v) is 3.26. The van der Waals surface area contributed by atoms with E-state index in [4.69, 9.17) is 22.1 Å². The van der Waals surface area contributed by atoms with Crippen LogP contribution in [0.3, 0.4) is 0 Å². The summed E-state index contributed by atoms with van der Waals surface area (Å²) >= 11 is 7.19. The SMILES string of the molecule is CCC(N)(CC)CNC(=O)c1sc(COc2ccc(Cl)cc2)nc1C. The molecule has 0 saturated heterocycles. The molecular formula is C18H24ClN3O2S. The van der Waals surface area contributed by atoms with Gasteiger partial charge in [-0.05, 0) is 44.0 Å². The van der Waals surface area contributed by atoms with Crippen LogP contribution in [0.4, 0.5) is 0 Å². The van der Waals surface area contributed by atoms with Crippen LogP contribution in [0.1, 0.15) is 47.1 Å². The number of hydrogen-bond acceptors (Lipinski definition) is 5. The van der Waals surface area contributed by atoms with E-state index in [2.05, 4.69) is 10.3 Å². The Labute approximate surface area is 157 Å². The van der Waals surface area contributed by atoms with E-state index in [-0.39, 0.29) is 11.4 Å². The Morgan fingerprint density at radius 3 is 2.56 bits per heavy atom. The molecule has 0 aliphatic carbocycles. The first-order chi connectivity index (χ1) is 11.9. The number of rotatable bonds is 8. The molecular weight excluding hydrogens is 358 g/mol. The van der Waals surface area contributed by atoms with Crippen molar-refractivity contribution in [3.8, 4) is 5.75 Å². The fourth-order valence-electron chi connectivity index (χ4n) is 2.24. The largest absolute Gasteiger partial charge is 0.486 e. The Morgan fingerprint density at radius 1 is 1.32 bits per heavy atom. The minimum Gasteiger partial charge on any atom is -0.486 e. The molecule has 0 aliphatic heterocycles. The number of thiazole rings is 1. The van der Waals surface area contributed by atoms with Gasteiger partial charge in [-0.3, -0.25) is 4.79 Å². The highest BCUT2D eigenvalue weighted by atomic mass is 35.5. The second-order valence-electron chi connectivity index (χ2n) is 6.02. The first-order valence-corrected chi connectivity index (χ1v) is 9.48. The number of nitrogens with two attached hydrogens (primary N) is 1. The molecule has 0 unspecified atom stereocenters. The number of ether oxygens (including phenoxy) is 1. The topological polar surface area (TPSA) is 77.2 Å². The number of amides is 1. The zero-order valence-corrected chi connectivity index (χ0v) is 16.3. The van der Waals surface area contributed by atoms with Crippen molar-refractivity contribution in [3.63, 3.8) is 0 Å². The molecule has 7 heteroatoms. The Kier molecular flexibility index (Phi) is 6.81. The fraction of sp³-hybridized carbons (Fsp3) is 0.444. The number of carbonyl (C=O) groups is 1. The summed E-state index contributed by atoms with van der Waals surface area (Å²) in [5.41, 5.74) is 6.57. The summed E-state index contributed by atoms with van der Waals surface area (Å²) in [6, 6.07) is 7.13. The van der Waals surface area contributed by atoms with Crippen molar-refractivity contribution in [2.24, 2.45) is 5.73 Å². The third-order valence-electron chi connectivity index (χ3n) is 4.23. The standard InChI is InChI=1S/C18H24ClN3O2S/c1-4-18(20,5-2)11-21-17(23)16-12(3)22-15(25-16)10-24-14-8-6-13(19)7-9-14/h6-9H,4-5,10-11,20H2,1-3H3,(H,21,23). The summed E-state index contributed by atoms with van der Waals surface area (Å²) in [6.45, 7) is 6.64. The number of nitrogens with zero attached hydrogens (tertiary/aromatic N) is 1. The third kappa shape index (κ3) is 5.42. The molecule has 0 atom stereocenters. The molecule has 1 heterocycles. The number of aryl methyl sites for hydroxylation is 1. The highest BCUT2D eigenvalue weighted by molar-refractivity contribution is 7.13. The van der Waals surface area contributed by atoms with E-state index < -0.39 is 0 Å². The molecule has 1 aromatic carbocycles. The van der Waals surface area contributed by atoms with Gasteiger partial charge in [0, 0.05) is 17.1 Å². The van der Waals surface area contributed by atoms with Gasteiger partial charge in [0.2, 0.25) is 0 Å². The van der Waals surface area contributed by atoms with Crippen molar-refractivity contribution >= 4 is 28.8 Å². The molecule has 0 radical (unpaired) electrons. The van der Waals surface area contributed by atoms with Gasteiger partial charge in [-0.15, -0.1) is 11.3 Å². The van der Waals surface area contributed by atoms with E-state index in [9.17, 15) is 4.79 Å². The number of carbonyl (C=O) groups excluding carboxylic acids is 1. The van der Waals surface area contributed by atoms with Crippen molar-refractivity contribution in [2.45, 2.75) is 45.8 Å². The van der Waals surface area contributed by atoms with Crippen molar-refractivity contribution < 1.29 is 9.53 Å². The van der Waals surface area contributed by atoms with Crippen LogP contribution in [-0.2, 0) is 6.61 Å². The van der Waals surface area contributed by atoms with Crippen LogP contribution in [-0.4, -0.2) is 23.0 Å². The molecule has 0 aliphatic rings. The molecule has 0 fully saturated rings. The van der Waals surface area contributed by atoms with Gasteiger partial charge in [0.25, 0.3) is 5.91 Å². The van der Waals surface area contributed by atoms with E-state index in [1.165, 1.54) is 11.3 Å². The lowest BCUT2D eigenvalue weighted by molar-refractivity contribution is 0.0945. The van der Waals surface area contributed by atoms with Crippen LogP contribution in [0.5, 0.6) is 5.75 Å². The quantitative estimate of drug-likeness (QED) is 0.726. The minimum absolute atomic E-state index is 0.135. The van der Waals surface area contributed by atoms with Crippen molar-refractivity contribution in [3.05, 3.63) is 44.9 Å². The Balaban J connectivity index is 1.96. The molecule has 0 spiro atoms. The maximum absolute atomic E-state index is 12.4. The third-order valence-corrected chi connectivity index (χ3v) is 5.61. The summed E-state index contributed by atoms with van der Waals surface area (Å²) in [5, 5.41) is 4.34. The van der Waals surface area contributed by atoms with Crippen molar-refractivity contribution in [1.82, 2.24) is 10.3 Å². The zero-order chi connectivity index (χ0) is 18.4. The normalized spacial score (nSPS) is 11.4. The van der Waals surface area contributed by atoms with Crippen LogP contribution in [0.2, 0.25) is 5.02 Å². The average Bonchev–Trinajstić information content (AvgIpc) is 2.99. The first kappa shape index (κ1) is 19.7. The van der Waals surface area contributed by atoms with Gasteiger partial charge in [-0.1, -0.05) is 25.4 Å². The molecule has 5 nitrogen and oxygen atoms in total. The van der Waals surface area contributed by atoms with Gasteiger partial charge >= 0.3 is 0 Å². The second-order valence-corrected chi connectivity index (χ2v) is 7.54. The number of benzene rings is 1. The lowest BCUT2D eigenvalue weighted by atomic mass is 9.94. The van der Waals surface area contributed by atoms with E-state index in [0.717, 1.165) is 17.8 Å². The van der Waals surface area contributed by atoms with Crippen LogP contribution in [0, 0.1) is 6.92 Å². The first-order valence-electron chi connectivity index (χ1n) is 8.28. The minimum atomic E-state index is -0.366. The van der Waals surface area contributed by atoms with Crippen LogP contribution in [0.25, 0.3) is 0 Å². The van der Waals surface area contributed by atoms with Crippen molar-refractivity contribution in [1.29, 1.82) is 0 Å². The van der Waals surface area contributed by atoms with E-state index in [1.54, 1.807) is 24.3 Å². The highest BCUT2D eigenvalue weighted by Gasteiger charge is 2.23. The summed E-state index contributed by atoms with van der Waals surface area (Å²) in [4.78, 5) is 17.4. The molecule has 2 rings (SSSR count). The molecule has 3 N–H and O–H groups in total. The lowest BCUT2D eigenvalue weighted by Crippen LogP contribution is -2.49. The molecule has 0 saturated carbocycles. The van der Waals surface area contributed by atoms with Gasteiger partial charge in [0.1, 0.15) is 22.2 Å². The van der Waals surface area contributed by atoms with Crippen molar-refractivity contribution in [2.75, 3.05) is 6.54 Å². The second kappa shape index (κ2) is 8.65. The van der Waals surface area contributed by atoms with Gasteiger partial charge in [-0.25, -0.2) is 4.98 Å². The highest BCUT2D eigenvalue weighted by Crippen LogP contribution is 2.21. The molecule has 0 bridgehead atoms. The monoisotopic (exact) mass is 381 g/mol. The Morgan fingerprint density at radius 2 is 1.96 bits per heavy atom. The van der Waals surface area contributed by atoms with Gasteiger partial charge < -0.3 is 15.8 Å². The maximum Gasteiger partial charge on any atom is 0.263 e. The number of aromatic nitrogens is 1. The molecule has 2 aromatic rings. The smallest absolute Gasteiger partial charge is 0.263 e. The Bertz CT molecular complexity index is 712. The molecule has 1 aromatic heterocycles. The van der Waals surface area contributed by atoms with Gasteiger partial charge in [0.05, 0.1) is 5.69 Å². The van der Waals surface area contributed by atoms with Crippen LogP contribution >= 0.6 is 22.9 Å². The Hall–Kier alpha value is -1.63. The maximum atomic E-state index is 12.4. The predicted octanol–water partition coefficient (Wildman–Crippen LogP) is 3.93. The number of hydrogen-bond donors (Lipinski definition) is 2. The van der Waals surface area contributed by atoms with Crippen LogP contribution in [0.15, 0.2) is 24.3 Å². The zero-order valence-electron chi connectivity index (χ0n) is 14.8. The van der Waals surface area contributed by atoms with E-state index in [1.807, 2.05) is 20.8 Å². The lowest BCUT2D eigenvalue weighted by Gasteiger charge is -2.26. The predicted molar refractivity (Wildman–Crippen MR) is 102 cm³/mol. The molecule has 25 heavy (non-hydrogen) atoms. The summed E-state index contributed by atoms with van der Waals surface area (Å²) in [7, 11) is 0. The molecule has 136 valence electrons. The van der Waals surface area contributed by atoms with Gasteiger partial charge in [0.15, 0.2) is 0 Å². The van der Waals surface area contributed by atoms with Gasteiger partial charge in [-0.2, -0.15) is 0 Å². The van der Waals surface area contributed by atoms with E-state index in [0.29, 0.717) is 34.5 Å². The summed E-state index contributed by atoms with van der Waals surface area (Å²) < 4.78 is 5.68. The number of halogens is 1. The van der Waals surface area contributed by atoms with Crippen LogP contribution < -0.4 is 15.8 Å². The average molecular weight is 382 g/mol. The number of nitrogens with one attached hydrogen (secondary N) is 1. The van der Waals surface area contributed by atoms with E-state index >= 15 is 0 Å².